The molecule has 0 radical (unpaired) electrons. The fourth-order valence-corrected chi connectivity index (χ4v) is 2.86. The lowest BCUT2D eigenvalue weighted by atomic mass is 10.0. The van der Waals surface area contributed by atoms with Crippen LogP contribution in [-0.2, 0) is 0 Å². The summed E-state index contributed by atoms with van der Waals surface area (Å²) in [5.41, 5.74) is 7.37. The predicted molar refractivity (Wildman–Crippen MR) is 105 cm³/mol. The summed E-state index contributed by atoms with van der Waals surface area (Å²) >= 11 is 0. The van der Waals surface area contributed by atoms with Crippen LogP contribution in [0.1, 0.15) is 63.7 Å². The third-order valence-electron chi connectivity index (χ3n) is 4.55. The van der Waals surface area contributed by atoms with Gasteiger partial charge in [0.15, 0.2) is 0 Å². The highest BCUT2D eigenvalue weighted by atomic mass is 16.2. The van der Waals surface area contributed by atoms with Gasteiger partial charge in [-0.2, -0.15) is 0 Å². The topological polar surface area (TPSA) is 49.4 Å². The number of carbonyl (C=O) groups is 2. The molecular weight excluding hydrogens is 324 g/mol. The molecule has 2 aromatic carbocycles. The molecule has 0 atom stereocenters. The van der Waals surface area contributed by atoms with Gasteiger partial charge in [-0.3, -0.25) is 15.0 Å². The number of benzene rings is 2. The van der Waals surface area contributed by atoms with Crippen LogP contribution >= 0.6 is 0 Å². The molecule has 0 spiro atoms. The number of rotatable bonds is 2. The van der Waals surface area contributed by atoms with E-state index in [1.165, 1.54) is 5.01 Å². The van der Waals surface area contributed by atoms with Gasteiger partial charge >= 0.3 is 0 Å². The normalized spacial score (nSPS) is 11.2. The monoisotopic (exact) mass is 352 g/mol. The van der Waals surface area contributed by atoms with E-state index in [9.17, 15) is 9.59 Å². The first-order chi connectivity index (χ1) is 12.0. The van der Waals surface area contributed by atoms with E-state index < -0.39 is 5.54 Å². The minimum atomic E-state index is -0.568. The standard InChI is InChI=1S/C22H28N2O2/c1-14-11-12-18(16(3)13-14)21(26)24(22(5,6)7)23-20(25)19-10-8-9-15(2)17(19)4/h8-13H,1-7H3,(H,23,25). The Bertz CT molecular complexity index is 848. The van der Waals surface area contributed by atoms with Crippen molar-refractivity contribution < 1.29 is 9.59 Å². The fraction of sp³-hybridized carbons (Fsp3) is 0.364. The Morgan fingerprint density at radius 2 is 1.54 bits per heavy atom. The number of hydrogen-bond acceptors (Lipinski definition) is 2. The van der Waals surface area contributed by atoms with Gasteiger partial charge in [-0.25, -0.2) is 5.01 Å². The van der Waals surface area contributed by atoms with Crippen molar-refractivity contribution in [3.63, 3.8) is 0 Å². The highest BCUT2D eigenvalue weighted by Gasteiger charge is 2.30. The first kappa shape index (κ1) is 19.7. The van der Waals surface area contributed by atoms with E-state index in [4.69, 9.17) is 0 Å². The summed E-state index contributed by atoms with van der Waals surface area (Å²) < 4.78 is 0. The van der Waals surface area contributed by atoms with Crippen LogP contribution in [0, 0.1) is 27.7 Å². The molecule has 2 amide bonds. The van der Waals surface area contributed by atoms with Gasteiger partial charge in [0, 0.05) is 11.1 Å². The van der Waals surface area contributed by atoms with Gasteiger partial charge in [-0.05, 0) is 77.3 Å². The van der Waals surface area contributed by atoms with E-state index >= 15 is 0 Å². The average molecular weight is 352 g/mol. The summed E-state index contributed by atoms with van der Waals surface area (Å²) in [6.07, 6.45) is 0. The Morgan fingerprint density at radius 1 is 0.885 bits per heavy atom. The molecule has 0 unspecified atom stereocenters. The largest absolute Gasteiger partial charge is 0.273 e. The molecule has 0 saturated carbocycles. The number of nitrogens with zero attached hydrogens (tertiary/aromatic N) is 1. The fourth-order valence-electron chi connectivity index (χ4n) is 2.86. The summed E-state index contributed by atoms with van der Waals surface area (Å²) in [4.78, 5) is 26.0. The van der Waals surface area contributed by atoms with Crippen molar-refractivity contribution in [1.82, 2.24) is 10.4 Å². The third-order valence-corrected chi connectivity index (χ3v) is 4.55. The number of carbonyl (C=O) groups excluding carboxylic acids is 2. The van der Waals surface area contributed by atoms with Gasteiger partial charge in [-0.1, -0.05) is 29.8 Å². The Kier molecular flexibility index (Phi) is 5.55. The molecule has 26 heavy (non-hydrogen) atoms. The molecule has 2 rings (SSSR count). The van der Waals surface area contributed by atoms with Crippen molar-refractivity contribution >= 4 is 11.8 Å². The maximum absolute atomic E-state index is 13.2. The van der Waals surface area contributed by atoms with E-state index in [0.29, 0.717) is 11.1 Å². The van der Waals surface area contributed by atoms with Gasteiger partial charge in [-0.15, -0.1) is 0 Å². The lowest BCUT2D eigenvalue weighted by Crippen LogP contribution is -2.56. The van der Waals surface area contributed by atoms with Gasteiger partial charge in [0.05, 0.1) is 5.54 Å². The van der Waals surface area contributed by atoms with Crippen molar-refractivity contribution in [2.75, 3.05) is 0 Å². The Morgan fingerprint density at radius 3 is 2.12 bits per heavy atom. The lowest BCUT2D eigenvalue weighted by Gasteiger charge is -2.36. The molecule has 0 aliphatic carbocycles. The zero-order valence-electron chi connectivity index (χ0n) is 16.7. The van der Waals surface area contributed by atoms with Crippen LogP contribution < -0.4 is 5.43 Å². The van der Waals surface area contributed by atoms with Crippen molar-refractivity contribution in [1.29, 1.82) is 0 Å². The number of amides is 2. The molecule has 0 fully saturated rings. The van der Waals surface area contributed by atoms with Gasteiger partial charge in [0.1, 0.15) is 0 Å². The van der Waals surface area contributed by atoms with Crippen molar-refractivity contribution in [2.24, 2.45) is 0 Å². The van der Waals surface area contributed by atoms with Gasteiger partial charge in [0.25, 0.3) is 11.8 Å². The summed E-state index contributed by atoms with van der Waals surface area (Å²) in [6, 6.07) is 11.3. The Balaban J connectivity index is 2.38. The third kappa shape index (κ3) is 4.13. The second kappa shape index (κ2) is 7.32. The van der Waals surface area contributed by atoms with Crippen LogP contribution in [0.3, 0.4) is 0 Å². The summed E-state index contributed by atoms with van der Waals surface area (Å²) in [7, 11) is 0. The average Bonchev–Trinajstić information content (AvgIpc) is 2.53. The van der Waals surface area contributed by atoms with Crippen LogP contribution in [0.15, 0.2) is 36.4 Å². The molecule has 1 N–H and O–H groups in total. The zero-order valence-corrected chi connectivity index (χ0v) is 16.7. The zero-order chi connectivity index (χ0) is 19.6. The van der Waals surface area contributed by atoms with Gasteiger partial charge in [0.2, 0.25) is 0 Å². The van der Waals surface area contributed by atoms with Crippen LogP contribution in [0.5, 0.6) is 0 Å². The molecule has 0 saturated heterocycles. The highest BCUT2D eigenvalue weighted by Crippen LogP contribution is 2.20. The lowest BCUT2D eigenvalue weighted by molar-refractivity contribution is 0.0357. The number of nitrogens with one attached hydrogen (secondary N) is 1. The molecule has 138 valence electrons. The second-order valence-corrected chi connectivity index (χ2v) is 7.82. The Hall–Kier alpha value is -2.62. The maximum atomic E-state index is 13.2. The van der Waals surface area contributed by atoms with E-state index in [2.05, 4.69) is 5.43 Å². The molecule has 0 bridgehead atoms. The number of hydrazine groups is 1. The molecule has 0 heterocycles. The Labute approximate surface area is 156 Å². The second-order valence-electron chi connectivity index (χ2n) is 7.82. The number of aryl methyl sites for hydroxylation is 3. The van der Waals surface area contributed by atoms with Crippen molar-refractivity contribution in [3.8, 4) is 0 Å². The minimum Gasteiger partial charge on any atom is -0.267 e. The van der Waals surface area contributed by atoms with Crippen LogP contribution in [0.25, 0.3) is 0 Å². The molecule has 0 aromatic heterocycles. The summed E-state index contributed by atoms with van der Waals surface area (Å²) in [5.74, 6) is -0.493. The molecule has 4 heteroatoms. The SMILES string of the molecule is Cc1ccc(C(=O)N(NC(=O)c2cccc(C)c2C)C(C)(C)C)c(C)c1. The molecule has 0 aliphatic rings. The van der Waals surface area contributed by atoms with E-state index in [1.807, 2.05) is 78.8 Å². The van der Waals surface area contributed by atoms with E-state index in [-0.39, 0.29) is 11.8 Å². The first-order valence-corrected chi connectivity index (χ1v) is 8.81. The number of hydrogen-bond donors (Lipinski definition) is 1. The molecule has 4 nitrogen and oxygen atoms in total. The van der Waals surface area contributed by atoms with Crippen LogP contribution in [0.2, 0.25) is 0 Å². The minimum absolute atomic E-state index is 0.214. The predicted octanol–water partition coefficient (Wildman–Crippen LogP) is 4.51. The highest BCUT2D eigenvalue weighted by molar-refractivity contribution is 6.00. The van der Waals surface area contributed by atoms with Crippen molar-refractivity contribution in [3.05, 3.63) is 69.8 Å². The summed E-state index contributed by atoms with van der Waals surface area (Å²) in [5, 5.41) is 1.43. The van der Waals surface area contributed by atoms with E-state index in [0.717, 1.165) is 22.3 Å². The summed E-state index contributed by atoms with van der Waals surface area (Å²) in [6.45, 7) is 13.5. The first-order valence-electron chi connectivity index (χ1n) is 8.81. The maximum Gasteiger partial charge on any atom is 0.273 e. The van der Waals surface area contributed by atoms with E-state index in [1.54, 1.807) is 6.07 Å². The molecule has 0 aliphatic heterocycles. The van der Waals surface area contributed by atoms with Crippen LogP contribution in [-0.4, -0.2) is 22.4 Å². The van der Waals surface area contributed by atoms with Crippen LogP contribution in [0.4, 0.5) is 0 Å². The molecule has 2 aromatic rings. The van der Waals surface area contributed by atoms with Crippen molar-refractivity contribution in [2.45, 2.75) is 54.0 Å². The molecular formula is C22H28N2O2. The quantitative estimate of drug-likeness (QED) is 0.809. The smallest absolute Gasteiger partial charge is 0.267 e. The van der Waals surface area contributed by atoms with Gasteiger partial charge < -0.3 is 0 Å².